The van der Waals surface area contributed by atoms with Gasteiger partial charge >= 0.3 is 0 Å². The van der Waals surface area contributed by atoms with Crippen molar-refractivity contribution < 1.29 is 19.4 Å². The normalized spacial score (nSPS) is 10.9. The smallest absolute Gasteiger partial charge is 0.198 e. The van der Waals surface area contributed by atoms with Crippen LogP contribution in [0.5, 0.6) is 11.5 Å². The molecule has 0 fully saturated rings. The van der Waals surface area contributed by atoms with Crippen LogP contribution in [0.1, 0.15) is 31.8 Å². The van der Waals surface area contributed by atoms with Crippen molar-refractivity contribution >= 4 is 33.6 Å². The largest absolute Gasteiger partial charge is 0.507 e. The Morgan fingerprint density at radius 2 is 1.42 bits per heavy atom. The first-order valence-corrected chi connectivity index (χ1v) is 10.6. The van der Waals surface area contributed by atoms with Crippen molar-refractivity contribution in [3.8, 4) is 11.5 Å². The molecule has 1 N–H and O–H groups in total. The Balaban J connectivity index is 1.67. The highest BCUT2D eigenvalue weighted by atomic mass is 16.5. The van der Waals surface area contributed by atoms with Crippen molar-refractivity contribution in [3.63, 3.8) is 0 Å². The monoisotopic (exact) mass is 432 g/mol. The molecule has 0 saturated carbocycles. The Labute approximate surface area is 190 Å². The Morgan fingerprint density at radius 1 is 0.788 bits per heavy atom. The topological polar surface area (TPSA) is 63.6 Å². The van der Waals surface area contributed by atoms with E-state index >= 15 is 0 Å². The van der Waals surface area contributed by atoms with Crippen LogP contribution in [0.2, 0.25) is 0 Å². The minimum absolute atomic E-state index is 0.129. The molecule has 33 heavy (non-hydrogen) atoms. The van der Waals surface area contributed by atoms with Gasteiger partial charge in [-0.3, -0.25) is 9.59 Å². The summed E-state index contributed by atoms with van der Waals surface area (Å²) in [6.45, 7) is 0.259. The molecule has 5 aromatic rings. The van der Waals surface area contributed by atoms with Gasteiger partial charge in [-0.25, -0.2) is 0 Å². The number of carbonyl (C=O) groups excluding carboxylic acids is 2. The average molecular weight is 432 g/mol. The fraction of sp³-hybridized carbons (Fsp3) is 0.0345. The molecule has 0 aliphatic carbocycles. The van der Waals surface area contributed by atoms with Crippen LogP contribution in [0.15, 0.2) is 97.1 Å². The molecule has 0 amide bonds. The molecule has 0 bridgehead atoms. The van der Waals surface area contributed by atoms with E-state index in [0.29, 0.717) is 17.4 Å². The molecule has 0 aromatic heterocycles. The first-order chi connectivity index (χ1) is 16.2. The highest BCUT2D eigenvalue weighted by Gasteiger charge is 2.23. The maximum atomic E-state index is 13.8. The first-order valence-electron chi connectivity index (χ1n) is 10.6. The number of rotatable bonds is 6. The molecule has 160 valence electrons. The predicted molar refractivity (Wildman–Crippen MR) is 129 cm³/mol. The van der Waals surface area contributed by atoms with E-state index in [1.54, 1.807) is 24.3 Å². The summed E-state index contributed by atoms with van der Waals surface area (Å²) in [7, 11) is 0. The Kier molecular flexibility index (Phi) is 5.33. The van der Waals surface area contributed by atoms with E-state index in [4.69, 9.17) is 4.74 Å². The number of carbonyl (C=O) groups is 2. The molecular formula is C29H20O4. The van der Waals surface area contributed by atoms with Gasteiger partial charge in [0.05, 0.1) is 11.1 Å². The summed E-state index contributed by atoms with van der Waals surface area (Å²) in [5.74, 6) is -0.229. The minimum atomic E-state index is -0.429. The first kappa shape index (κ1) is 20.5. The van der Waals surface area contributed by atoms with Crippen molar-refractivity contribution in [2.75, 3.05) is 0 Å². The Hall–Kier alpha value is -4.44. The fourth-order valence-electron chi connectivity index (χ4n) is 4.10. The van der Waals surface area contributed by atoms with Crippen molar-refractivity contribution in [3.05, 3.63) is 119 Å². The number of hydrogen-bond donors (Lipinski definition) is 1. The van der Waals surface area contributed by atoms with Crippen LogP contribution in [0, 0.1) is 0 Å². The molecule has 0 spiro atoms. The second-order valence-corrected chi connectivity index (χ2v) is 7.82. The van der Waals surface area contributed by atoms with Gasteiger partial charge in [-0.2, -0.15) is 0 Å². The standard InChI is InChI=1S/C29H20O4/c30-17-25-27(33-18-19-8-2-1-3-9-19)16-22-12-6-7-13-23(22)28(25)29(32)24-14-20-10-4-5-11-21(20)15-26(24)31/h1-17,31H,18H2. The lowest BCUT2D eigenvalue weighted by Gasteiger charge is -2.16. The van der Waals surface area contributed by atoms with E-state index in [0.717, 1.165) is 21.7 Å². The number of hydrogen-bond acceptors (Lipinski definition) is 4. The van der Waals surface area contributed by atoms with Gasteiger partial charge in [-0.05, 0) is 45.3 Å². The lowest BCUT2D eigenvalue weighted by Crippen LogP contribution is -2.09. The molecule has 0 aliphatic heterocycles. The molecular weight excluding hydrogens is 412 g/mol. The molecule has 0 radical (unpaired) electrons. The van der Waals surface area contributed by atoms with Crippen LogP contribution >= 0.6 is 0 Å². The zero-order valence-electron chi connectivity index (χ0n) is 17.7. The van der Waals surface area contributed by atoms with Gasteiger partial charge in [-0.1, -0.05) is 78.9 Å². The van der Waals surface area contributed by atoms with Crippen molar-refractivity contribution in [2.24, 2.45) is 0 Å². The van der Waals surface area contributed by atoms with E-state index in [1.807, 2.05) is 72.8 Å². The number of aldehydes is 1. The summed E-state index contributed by atoms with van der Waals surface area (Å²) in [5, 5.41) is 13.7. The average Bonchev–Trinajstić information content (AvgIpc) is 2.86. The van der Waals surface area contributed by atoms with Crippen molar-refractivity contribution in [1.82, 2.24) is 0 Å². The van der Waals surface area contributed by atoms with Crippen LogP contribution in [0.25, 0.3) is 21.5 Å². The van der Waals surface area contributed by atoms with Crippen molar-refractivity contribution in [1.29, 1.82) is 0 Å². The molecule has 5 aromatic carbocycles. The maximum Gasteiger partial charge on any atom is 0.198 e. The predicted octanol–water partition coefficient (Wildman–Crippen LogP) is 6.32. The van der Waals surface area contributed by atoms with Crippen LogP contribution in [0.4, 0.5) is 0 Å². The fourth-order valence-corrected chi connectivity index (χ4v) is 4.10. The van der Waals surface area contributed by atoms with Crippen molar-refractivity contribution in [2.45, 2.75) is 6.61 Å². The quantitative estimate of drug-likeness (QED) is 0.252. The van der Waals surface area contributed by atoms with Gasteiger partial charge in [0.25, 0.3) is 0 Å². The summed E-state index contributed by atoms with van der Waals surface area (Å²) in [4.78, 5) is 26.0. The Bertz CT molecular complexity index is 1500. The second-order valence-electron chi connectivity index (χ2n) is 7.82. The van der Waals surface area contributed by atoms with Gasteiger partial charge < -0.3 is 9.84 Å². The van der Waals surface area contributed by atoms with E-state index in [9.17, 15) is 14.7 Å². The molecule has 0 unspecified atom stereocenters. The summed E-state index contributed by atoms with van der Waals surface area (Å²) in [5.41, 5.74) is 1.48. The van der Waals surface area contributed by atoms with Crippen LogP contribution in [-0.2, 0) is 6.61 Å². The number of aromatic hydroxyl groups is 1. The molecule has 0 saturated heterocycles. The van der Waals surface area contributed by atoms with E-state index in [-0.39, 0.29) is 29.0 Å². The zero-order valence-corrected chi connectivity index (χ0v) is 17.7. The molecule has 5 rings (SSSR count). The molecule has 0 aliphatic rings. The highest BCUT2D eigenvalue weighted by Crippen LogP contribution is 2.35. The second kappa shape index (κ2) is 8.60. The number of fused-ring (bicyclic) bond motifs is 2. The molecule has 0 atom stereocenters. The number of ketones is 1. The minimum Gasteiger partial charge on any atom is -0.507 e. The maximum absolute atomic E-state index is 13.8. The van der Waals surface area contributed by atoms with Gasteiger partial charge in [-0.15, -0.1) is 0 Å². The van der Waals surface area contributed by atoms with Gasteiger partial charge in [0.1, 0.15) is 18.1 Å². The number of benzene rings is 5. The summed E-state index contributed by atoms with van der Waals surface area (Å²) in [6.07, 6.45) is 0.651. The number of phenols is 1. The van der Waals surface area contributed by atoms with Crippen LogP contribution in [0.3, 0.4) is 0 Å². The molecule has 4 heteroatoms. The lowest BCUT2D eigenvalue weighted by molar-refractivity contribution is 0.102. The third-order valence-corrected chi connectivity index (χ3v) is 5.74. The Morgan fingerprint density at radius 3 is 2.15 bits per heavy atom. The van der Waals surface area contributed by atoms with E-state index in [2.05, 4.69) is 0 Å². The summed E-state index contributed by atoms with van der Waals surface area (Å²) >= 11 is 0. The molecule has 0 heterocycles. The SMILES string of the molecule is O=Cc1c(OCc2ccccc2)cc2ccccc2c1C(=O)c1cc2ccccc2cc1O. The van der Waals surface area contributed by atoms with E-state index < -0.39 is 5.78 Å². The van der Waals surface area contributed by atoms with Crippen LogP contribution in [-0.4, -0.2) is 17.2 Å². The lowest BCUT2D eigenvalue weighted by atomic mass is 9.91. The number of phenolic OH excluding ortho intramolecular Hbond substituents is 1. The summed E-state index contributed by atoms with van der Waals surface area (Å²) < 4.78 is 6.00. The third-order valence-electron chi connectivity index (χ3n) is 5.74. The van der Waals surface area contributed by atoms with Crippen LogP contribution < -0.4 is 4.74 Å². The highest BCUT2D eigenvalue weighted by molar-refractivity contribution is 6.22. The summed E-state index contributed by atoms with van der Waals surface area (Å²) in [6, 6.07) is 29.5. The van der Waals surface area contributed by atoms with Gasteiger partial charge in [0.15, 0.2) is 12.1 Å². The van der Waals surface area contributed by atoms with E-state index in [1.165, 1.54) is 0 Å². The van der Waals surface area contributed by atoms with Gasteiger partial charge in [0.2, 0.25) is 0 Å². The van der Waals surface area contributed by atoms with Gasteiger partial charge in [0, 0.05) is 5.56 Å². The number of ether oxygens (including phenoxy) is 1. The third kappa shape index (κ3) is 3.83. The molecule has 4 nitrogen and oxygen atoms in total. The zero-order chi connectivity index (χ0) is 22.8.